The summed E-state index contributed by atoms with van der Waals surface area (Å²) in [5.41, 5.74) is -0.240. The quantitative estimate of drug-likeness (QED) is 0.922. The summed E-state index contributed by atoms with van der Waals surface area (Å²) >= 11 is 5.81. The van der Waals surface area contributed by atoms with Crippen molar-refractivity contribution in [3.8, 4) is 11.5 Å². The highest BCUT2D eigenvalue weighted by Gasteiger charge is 2.18. The number of aromatic carboxylic acids is 1. The fraction of sp³-hybridized carbons (Fsp3) is 0. The van der Waals surface area contributed by atoms with E-state index in [2.05, 4.69) is 0 Å². The van der Waals surface area contributed by atoms with Crippen LogP contribution in [0.15, 0.2) is 36.4 Å². The van der Waals surface area contributed by atoms with E-state index in [9.17, 15) is 13.6 Å². The fourth-order valence-corrected chi connectivity index (χ4v) is 1.67. The third-order valence-electron chi connectivity index (χ3n) is 2.33. The highest BCUT2D eigenvalue weighted by atomic mass is 35.5. The van der Waals surface area contributed by atoms with Gasteiger partial charge in [0.2, 0.25) is 5.82 Å². The molecule has 0 atom stereocenters. The van der Waals surface area contributed by atoms with Crippen molar-refractivity contribution in [2.45, 2.75) is 0 Å². The van der Waals surface area contributed by atoms with Crippen LogP contribution in [0.2, 0.25) is 5.02 Å². The molecule has 0 aromatic heterocycles. The van der Waals surface area contributed by atoms with E-state index in [-0.39, 0.29) is 16.3 Å². The standard InChI is InChI=1S/C13H7ClF2O3/c14-8-4-1-3-7(13(17)18)12(8)19-10-6-2-5-9(15)11(10)16/h1-6H,(H,17,18). The molecule has 3 nitrogen and oxygen atoms in total. The van der Waals surface area contributed by atoms with Gasteiger partial charge in [0.25, 0.3) is 0 Å². The van der Waals surface area contributed by atoms with Gasteiger partial charge >= 0.3 is 5.97 Å². The first-order valence-corrected chi connectivity index (χ1v) is 5.52. The molecule has 0 aliphatic rings. The summed E-state index contributed by atoms with van der Waals surface area (Å²) in [6.07, 6.45) is 0. The van der Waals surface area contributed by atoms with Crippen LogP contribution >= 0.6 is 11.6 Å². The molecule has 0 amide bonds. The van der Waals surface area contributed by atoms with Gasteiger partial charge in [0.05, 0.1) is 5.02 Å². The van der Waals surface area contributed by atoms with Gasteiger partial charge in [-0.05, 0) is 24.3 Å². The van der Waals surface area contributed by atoms with E-state index in [0.29, 0.717) is 0 Å². The highest BCUT2D eigenvalue weighted by molar-refractivity contribution is 6.32. The van der Waals surface area contributed by atoms with Crippen LogP contribution in [0.3, 0.4) is 0 Å². The molecule has 0 bridgehead atoms. The van der Waals surface area contributed by atoms with Gasteiger partial charge in [0, 0.05) is 0 Å². The Bertz CT molecular complexity index is 644. The van der Waals surface area contributed by atoms with Crippen LogP contribution < -0.4 is 4.74 Å². The molecular weight excluding hydrogens is 278 g/mol. The minimum Gasteiger partial charge on any atom is -0.478 e. The monoisotopic (exact) mass is 284 g/mol. The number of hydrogen-bond acceptors (Lipinski definition) is 2. The fourth-order valence-electron chi connectivity index (χ4n) is 1.45. The molecule has 98 valence electrons. The Morgan fingerprint density at radius 3 is 2.53 bits per heavy atom. The van der Waals surface area contributed by atoms with Crippen molar-refractivity contribution in [1.29, 1.82) is 0 Å². The predicted molar refractivity (Wildman–Crippen MR) is 64.8 cm³/mol. The highest BCUT2D eigenvalue weighted by Crippen LogP contribution is 2.34. The van der Waals surface area contributed by atoms with Gasteiger partial charge in [-0.3, -0.25) is 0 Å². The Balaban J connectivity index is 2.49. The lowest BCUT2D eigenvalue weighted by Gasteiger charge is -2.11. The molecule has 0 heterocycles. The Labute approximate surface area is 112 Å². The van der Waals surface area contributed by atoms with E-state index in [1.54, 1.807) is 0 Å². The van der Waals surface area contributed by atoms with Crippen molar-refractivity contribution in [3.63, 3.8) is 0 Å². The number of hydrogen-bond donors (Lipinski definition) is 1. The Morgan fingerprint density at radius 1 is 1.16 bits per heavy atom. The van der Waals surface area contributed by atoms with Crippen molar-refractivity contribution in [2.75, 3.05) is 0 Å². The lowest BCUT2D eigenvalue weighted by Crippen LogP contribution is -2.01. The molecule has 0 spiro atoms. The van der Waals surface area contributed by atoms with E-state index in [1.165, 1.54) is 30.3 Å². The maximum absolute atomic E-state index is 13.5. The van der Waals surface area contributed by atoms with Crippen LogP contribution in [0.25, 0.3) is 0 Å². The third kappa shape index (κ3) is 2.66. The Morgan fingerprint density at radius 2 is 1.84 bits per heavy atom. The van der Waals surface area contributed by atoms with E-state index in [1.807, 2.05) is 0 Å². The molecule has 1 N–H and O–H groups in total. The Hall–Kier alpha value is -2.14. The molecule has 0 saturated heterocycles. The average Bonchev–Trinajstić information content (AvgIpc) is 2.36. The van der Waals surface area contributed by atoms with E-state index in [0.717, 1.165) is 6.07 Å². The van der Waals surface area contributed by atoms with Gasteiger partial charge < -0.3 is 9.84 Å². The van der Waals surface area contributed by atoms with Crippen molar-refractivity contribution in [1.82, 2.24) is 0 Å². The van der Waals surface area contributed by atoms with Gasteiger partial charge in [-0.1, -0.05) is 23.7 Å². The molecule has 0 radical (unpaired) electrons. The van der Waals surface area contributed by atoms with Crippen molar-refractivity contribution >= 4 is 17.6 Å². The number of ether oxygens (including phenoxy) is 1. The lowest BCUT2D eigenvalue weighted by atomic mass is 10.2. The number of carbonyl (C=O) groups is 1. The number of carboxylic acid groups (broad SMARTS) is 1. The molecule has 19 heavy (non-hydrogen) atoms. The largest absolute Gasteiger partial charge is 0.478 e. The second kappa shape index (κ2) is 5.24. The van der Waals surface area contributed by atoms with Crippen LogP contribution in [0.1, 0.15) is 10.4 Å². The molecule has 0 saturated carbocycles. The van der Waals surface area contributed by atoms with Crippen LogP contribution in [0, 0.1) is 11.6 Å². The van der Waals surface area contributed by atoms with Gasteiger partial charge in [-0.25, -0.2) is 9.18 Å². The summed E-state index contributed by atoms with van der Waals surface area (Å²) in [5.74, 6) is -4.26. The van der Waals surface area contributed by atoms with Crippen molar-refractivity contribution in [2.24, 2.45) is 0 Å². The van der Waals surface area contributed by atoms with E-state index >= 15 is 0 Å². The SMILES string of the molecule is O=C(O)c1cccc(Cl)c1Oc1cccc(F)c1F. The third-order valence-corrected chi connectivity index (χ3v) is 2.62. The molecule has 2 rings (SSSR count). The predicted octanol–water partition coefficient (Wildman–Crippen LogP) is 4.11. The van der Waals surface area contributed by atoms with Gasteiger partial charge in [-0.2, -0.15) is 4.39 Å². The number of carboxylic acids is 1. The zero-order valence-electron chi connectivity index (χ0n) is 9.36. The average molecular weight is 285 g/mol. The maximum atomic E-state index is 13.5. The molecule has 2 aromatic carbocycles. The molecule has 0 aliphatic heterocycles. The zero-order valence-corrected chi connectivity index (χ0v) is 10.1. The minimum atomic E-state index is -1.28. The van der Waals surface area contributed by atoms with Gasteiger partial charge in [0.1, 0.15) is 5.56 Å². The second-order valence-electron chi connectivity index (χ2n) is 3.58. The molecule has 6 heteroatoms. The maximum Gasteiger partial charge on any atom is 0.339 e. The van der Waals surface area contributed by atoms with Crippen LogP contribution in [0.4, 0.5) is 8.78 Å². The summed E-state index contributed by atoms with van der Waals surface area (Å²) < 4.78 is 31.6. The van der Waals surface area contributed by atoms with Gasteiger partial charge in [-0.15, -0.1) is 0 Å². The van der Waals surface area contributed by atoms with Gasteiger partial charge in [0.15, 0.2) is 17.3 Å². The Kier molecular flexibility index (Phi) is 3.66. The molecular formula is C13H7ClF2O3. The first-order chi connectivity index (χ1) is 9.00. The van der Waals surface area contributed by atoms with Crippen molar-refractivity contribution in [3.05, 3.63) is 58.6 Å². The number of halogens is 3. The number of para-hydroxylation sites is 1. The first kappa shape index (κ1) is 13.3. The molecule has 0 fully saturated rings. The summed E-state index contributed by atoms with van der Waals surface area (Å²) in [4.78, 5) is 11.0. The van der Waals surface area contributed by atoms with E-state index < -0.39 is 23.4 Å². The minimum absolute atomic E-state index is 0.0106. The second-order valence-corrected chi connectivity index (χ2v) is 3.98. The molecule has 0 unspecified atom stereocenters. The topological polar surface area (TPSA) is 46.5 Å². The smallest absolute Gasteiger partial charge is 0.339 e. The zero-order chi connectivity index (χ0) is 14.0. The number of benzene rings is 2. The first-order valence-electron chi connectivity index (χ1n) is 5.14. The summed E-state index contributed by atoms with van der Waals surface area (Å²) in [7, 11) is 0. The lowest BCUT2D eigenvalue weighted by molar-refractivity contribution is 0.0694. The molecule has 2 aromatic rings. The van der Waals surface area contributed by atoms with E-state index in [4.69, 9.17) is 21.4 Å². The van der Waals surface area contributed by atoms with Crippen LogP contribution in [-0.2, 0) is 0 Å². The van der Waals surface area contributed by atoms with Crippen LogP contribution in [-0.4, -0.2) is 11.1 Å². The van der Waals surface area contributed by atoms with Crippen molar-refractivity contribution < 1.29 is 23.4 Å². The molecule has 0 aliphatic carbocycles. The summed E-state index contributed by atoms with van der Waals surface area (Å²) in [6.45, 7) is 0. The summed E-state index contributed by atoms with van der Waals surface area (Å²) in [6, 6.07) is 7.40. The normalized spacial score (nSPS) is 10.3. The summed E-state index contributed by atoms with van der Waals surface area (Å²) in [5, 5.41) is 8.97. The number of rotatable bonds is 3. The van der Waals surface area contributed by atoms with Crippen LogP contribution in [0.5, 0.6) is 11.5 Å².